The Bertz CT molecular complexity index is 668. The molecular weight excluding hydrogens is 372 g/mol. The molecule has 2 amide bonds. The van der Waals surface area contributed by atoms with Crippen molar-refractivity contribution in [2.24, 2.45) is 5.92 Å². The molecule has 0 bridgehead atoms. The van der Waals surface area contributed by atoms with Crippen molar-refractivity contribution in [1.29, 1.82) is 0 Å². The Morgan fingerprint density at radius 2 is 1.74 bits per heavy atom. The molecule has 2 aliphatic heterocycles. The van der Waals surface area contributed by atoms with Crippen molar-refractivity contribution in [1.82, 2.24) is 15.1 Å². The molecule has 2 fully saturated rings. The van der Waals surface area contributed by atoms with Gasteiger partial charge in [-0.25, -0.2) is 0 Å². The molecule has 2 aliphatic rings. The van der Waals surface area contributed by atoms with Crippen LogP contribution in [-0.4, -0.2) is 65.8 Å². The minimum absolute atomic E-state index is 0. The standard InChI is InChI=1S/C18H24N4O4.ClH/c23-17(6-1-14-7-8-19-13-14)20-9-11-21(12-10-20)18(24)15-2-4-16(5-3-15)22(25)26;/h2-5,14,19H,1,6-13H2;1H. The number of halogens is 1. The molecule has 0 spiro atoms. The number of nitro groups is 1. The Labute approximate surface area is 164 Å². The third-order valence-electron chi connectivity index (χ3n) is 5.17. The van der Waals surface area contributed by atoms with Crippen molar-refractivity contribution in [2.75, 3.05) is 39.3 Å². The Hall–Kier alpha value is -2.19. The number of amides is 2. The van der Waals surface area contributed by atoms with Crippen LogP contribution in [0.2, 0.25) is 0 Å². The van der Waals surface area contributed by atoms with Gasteiger partial charge in [-0.05, 0) is 44.0 Å². The van der Waals surface area contributed by atoms with E-state index in [4.69, 9.17) is 0 Å². The summed E-state index contributed by atoms with van der Waals surface area (Å²) in [6.07, 6.45) is 2.64. The van der Waals surface area contributed by atoms with Gasteiger partial charge in [-0.3, -0.25) is 19.7 Å². The van der Waals surface area contributed by atoms with Crippen LogP contribution in [0, 0.1) is 16.0 Å². The highest BCUT2D eigenvalue weighted by atomic mass is 35.5. The number of nitrogens with one attached hydrogen (secondary N) is 1. The fourth-order valence-electron chi connectivity index (χ4n) is 3.51. The first-order valence-corrected chi connectivity index (χ1v) is 9.07. The van der Waals surface area contributed by atoms with E-state index >= 15 is 0 Å². The van der Waals surface area contributed by atoms with E-state index in [0.29, 0.717) is 44.1 Å². The first kappa shape index (κ1) is 21.1. The first-order valence-electron chi connectivity index (χ1n) is 9.07. The van der Waals surface area contributed by atoms with Crippen LogP contribution < -0.4 is 5.32 Å². The van der Waals surface area contributed by atoms with E-state index < -0.39 is 4.92 Å². The topological polar surface area (TPSA) is 95.8 Å². The minimum Gasteiger partial charge on any atom is -0.339 e. The van der Waals surface area contributed by atoms with E-state index in [1.54, 1.807) is 4.90 Å². The van der Waals surface area contributed by atoms with Crippen molar-refractivity contribution < 1.29 is 14.5 Å². The monoisotopic (exact) mass is 396 g/mol. The minimum atomic E-state index is -0.486. The van der Waals surface area contributed by atoms with Gasteiger partial charge in [-0.1, -0.05) is 0 Å². The fraction of sp³-hybridized carbons (Fsp3) is 0.556. The number of hydrogen-bond donors (Lipinski definition) is 1. The molecule has 1 unspecified atom stereocenters. The maximum atomic E-state index is 12.5. The number of carbonyl (C=O) groups is 2. The Morgan fingerprint density at radius 3 is 2.30 bits per heavy atom. The Kier molecular flexibility index (Phi) is 7.55. The second-order valence-corrected chi connectivity index (χ2v) is 6.87. The van der Waals surface area contributed by atoms with Gasteiger partial charge < -0.3 is 15.1 Å². The summed E-state index contributed by atoms with van der Waals surface area (Å²) in [6.45, 7) is 4.12. The lowest BCUT2D eigenvalue weighted by Crippen LogP contribution is -2.50. The Balaban J connectivity index is 0.00000261. The molecule has 3 rings (SSSR count). The summed E-state index contributed by atoms with van der Waals surface area (Å²) in [5, 5.41) is 14.0. The predicted octanol–water partition coefficient (Wildman–Crippen LogP) is 1.69. The van der Waals surface area contributed by atoms with Crippen LogP contribution in [0.25, 0.3) is 0 Å². The molecule has 27 heavy (non-hydrogen) atoms. The maximum Gasteiger partial charge on any atom is 0.269 e. The number of carbonyl (C=O) groups excluding carboxylic acids is 2. The SMILES string of the molecule is Cl.O=C(CCC1CCNC1)N1CCN(C(=O)c2ccc([N+](=O)[O-])cc2)CC1. The van der Waals surface area contributed by atoms with Crippen molar-refractivity contribution >= 4 is 29.9 Å². The fourth-order valence-corrected chi connectivity index (χ4v) is 3.51. The van der Waals surface area contributed by atoms with Crippen molar-refractivity contribution in [3.05, 3.63) is 39.9 Å². The van der Waals surface area contributed by atoms with Gasteiger partial charge in [-0.15, -0.1) is 12.4 Å². The lowest BCUT2D eigenvalue weighted by atomic mass is 10.0. The average molecular weight is 397 g/mol. The molecule has 8 nitrogen and oxygen atoms in total. The Morgan fingerprint density at radius 1 is 1.11 bits per heavy atom. The van der Waals surface area contributed by atoms with E-state index in [2.05, 4.69) is 5.32 Å². The number of nitro benzene ring substituents is 1. The van der Waals surface area contributed by atoms with Crippen molar-refractivity contribution in [3.8, 4) is 0 Å². The molecule has 1 aromatic rings. The van der Waals surface area contributed by atoms with Gasteiger partial charge in [0.05, 0.1) is 4.92 Å². The molecule has 2 saturated heterocycles. The molecule has 1 aromatic carbocycles. The van der Waals surface area contributed by atoms with E-state index in [9.17, 15) is 19.7 Å². The summed E-state index contributed by atoms with van der Waals surface area (Å²) in [5.74, 6) is 0.618. The maximum absolute atomic E-state index is 12.5. The zero-order valence-corrected chi connectivity index (χ0v) is 16.0. The number of benzene rings is 1. The van der Waals surface area contributed by atoms with Gasteiger partial charge in [0, 0.05) is 50.3 Å². The third kappa shape index (κ3) is 5.40. The molecule has 0 aliphatic carbocycles. The summed E-state index contributed by atoms with van der Waals surface area (Å²) in [7, 11) is 0. The molecule has 1 N–H and O–H groups in total. The highest BCUT2D eigenvalue weighted by molar-refractivity contribution is 5.94. The summed E-state index contributed by atoms with van der Waals surface area (Å²) < 4.78 is 0. The molecule has 1 atom stereocenters. The van der Waals surface area contributed by atoms with Crippen LogP contribution in [0.15, 0.2) is 24.3 Å². The van der Waals surface area contributed by atoms with Crippen LogP contribution in [0.3, 0.4) is 0 Å². The largest absolute Gasteiger partial charge is 0.339 e. The van der Waals surface area contributed by atoms with E-state index in [1.165, 1.54) is 24.3 Å². The smallest absolute Gasteiger partial charge is 0.269 e. The average Bonchev–Trinajstić information content (AvgIpc) is 3.19. The number of piperazine rings is 1. The van der Waals surface area contributed by atoms with Gasteiger partial charge in [0.15, 0.2) is 0 Å². The number of rotatable bonds is 5. The van der Waals surface area contributed by atoms with Gasteiger partial charge in [0.1, 0.15) is 0 Å². The second-order valence-electron chi connectivity index (χ2n) is 6.87. The van der Waals surface area contributed by atoms with Crippen molar-refractivity contribution in [2.45, 2.75) is 19.3 Å². The van der Waals surface area contributed by atoms with E-state index in [-0.39, 0.29) is 29.9 Å². The molecule has 0 aromatic heterocycles. The van der Waals surface area contributed by atoms with Crippen LogP contribution >= 0.6 is 12.4 Å². The molecule has 0 saturated carbocycles. The quantitative estimate of drug-likeness (QED) is 0.603. The van der Waals surface area contributed by atoms with Crippen molar-refractivity contribution in [3.63, 3.8) is 0 Å². The third-order valence-corrected chi connectivity index (χ3v) is 5.17. The van der Waals surface area contributed by atoms with Crippen LogP contribution in [-0.2, 0) is 4.79 Å². The first-order chi connectivity index (χ1) is 12.5. The predicted molar refractivity (Wildman–Crippen MR) is 103 cm³/mol. The number of hydrogen-bond acceptors (Lipinski definition) is 5. The van der Waals surface area contributed by atoms with E-state index in [0.717, 1.165) is 25.9 Å². The van der Waals surface area contributed by atoms with Gasteiger partial charge in [0.25, 0.3) is 11.6 Å². The van der Waals surface area contributed by atoms with Crippen LogP contribution in [0.5, 0.6) is 0 Å². The lowest BCUT2D eigenvalue weighted by molar-refractivity contribution is -0.384. The van der Waals surface area contributed by atoms with Crippen LogP contribution in [0.1, 0.15) is 29.6 Å². The van der Waals surface area contributed by atoms with E-state index in [1.807, 2.05) is 4.90 Å². The highest BCUT2D eigenvalue weighted by Crippen LogP contribution is 2.17. The van der Waals surface area contributed by atoms with Gasteiger partial charge in [-0.2, -0.15) is 0 Å². The zero-order chi connectivity index (χ0) is 18.5. The molecule has 9 heteroatoms. The molecule has 2 heterocycles. The zero-order valence-electron chi connectivity index (χ0n) is 15.1. The van der Waals surface area contributed by atoms with Gasteiger partial charge >= 0.3 is 0 Å². The highest BCUT2D eigenvalue weighted by Gasteiger charge is 2.25. The molecule has 148 valence electrons. The van der Waals surface area contributed by atoms with Gasteiger partial charge in [0.2, 0.25) is 5.91 Å². The molecular formula is C18H25ClN4O4. The summed E-state index contributed by atoms with van der Waals surface area (Å²) >= 11 is 0. The number of non-ortho nitro benzene ring substituents is 1. The lowest BCUT2D eigenvalue weighted by Gasteiger charge is -2.35. The number of nitrogens with zero attached hydrogens (tertiary/aromatic N) is 3. The summed E-state index contributed by atoms with van der Waals surface area (Å²) in [5.41, 5.74) is 0.401. The summed E-state index contributed by atoms with van der Waals surface area (Å²) in [4.78, 5) is 38.6. The summed E-state index contributed by atoms with van der Waals surface area (Å²) in [6, 6.07) is 5.64. The van der Waals surface area contributed by atoms with Crippen LogP contribution in [0.4, 0.5) is 5.69 Å². The normalized spacial score (nSPS) is 19.5. The second kappa shape index (κ2) is 9.66. The molecule has 0 radical (unpaired) electrons.